The zero-order chi connectivity index (χ0) is 15.7. The molecule has 116 valence electrons. The number of hydrogen-bond acceptors (Lipinski definition) is 4. The van der Waals surface area contributed by atoms with E-state index in [2.05, 4.69) is 10.3 Å². The number of likely N-dealkylation sites (tertiary alicyclic amines) is 1. The molecular formula is C15H17ClN4O2. The van der Waals surface area contributed by atoms with Crippen LogP contribution in [-0.4, -0.2) is 44.0 Å². The van der Waals surface area contributed by atoms with Gasteiger partial charge in [0.1, 0.15) is 5.69 Å². The third-order valence-corrected chi connectivity index (χ3v) is 4.52. The fourth-order valence-corrected chi connectivity index (χ4v) is 3.14. The highest BCUT2D eigenvalue weighted by molar-refractivity contribution is 6.31. The summed E-state index contributed by atoms with van der Waals surface area (Å²) in [4.78, 5) is 14.1. The quantitative estimate of drug-likeness (QED) is 0.912. The fraction of sp³-hybridized carbons (Fsp3) is 0.400. The second-order valence-electron chi connectivity index (χ2n) is 5.55. The number of carbonyl (C=O) groups is 1. The summed E-state index contributed by atoms with van der Waals surface area (Å²) in [6.07, 6.45) is 2.36. The molecule has 22 heavy (non-hydrogen) atoms. The second-order valence-corrected chi connectivity index (χ2v) is 5.95. The molecule has 1 amide bonds. The molecule has 1 aromatic carbocycles. The van der Waals surface area contributed by atoms with Crippen molar-refractivity contribution >= 4 is 17.5 Å². The predicted octanol–water partition coefficient (Wildman–Crippen LogP) is 1.59. The lowest BCUT2D eigenvalue weighted by Gasteiger charge is -2.38. The van der Waals surface area contributed by atoms with Gasteiger partial charge in [0.2, 0.25) is 0 Å². The third kappa shape index (κ3) is 2.60. The van der Waals surface area contributed by atoms with Crippen molar-refractivity contribution in [3.05, 3.63) is 46.7 Å². The van der Waals surface area contributed by atoms with Crippen LogP contribution >= 0.6 is 11.6 Å². The van der Waals surface area contributed by atoms with Crippen molar-refractivity contribution in [3.63, 3.8) is 0 Å². The van der Waals surface area contributed by atoms with Gasteiger partial charge in [0, 0.05) is 30.7 Å². The zero-order valence-electron chi connectivity index (χ0n) is 12.2. The van der Waals surface area contributed by atoms with Crippen LogP contribution in [0, 0.1) is 0 Å². The first-order valence-electron chi connectivity index (χ1n) is 7.12. The number of carbonyl (C=O) groups excluding carboxylic acids is 1. The van der Waals surface area contributed by atoms with E-state index in [0.29, 0.717) is 36.6 Å². The van der Waals surface area contributed by atoms with Gasteiger partial charge in [0.25, 0.3) is 5.91 Å². The van der Waals surface area contributed by atoms with Crippen molar-refractivity contribution in [1.29, 1.82) is 0 Å². The van der Waals surface area contributed by atoms with Gasteiger partial charge in [-0.15, -0.1) is 5.10 Å². The first-order chi connectivity index (χ1) is 10.5. The van der Waals surface area contributed by atoms with E-state index in [1.807, 2.05) is 18.2 Å². The van der Waals surface area contributed by atoms with Crippen molar-refractivity contribution in [1.82, 2.24) is 19.9 Å². The van der Waals surface area contributed by atoms with Crippen molar-refractivity contribution in [2.45, 2.75) is 18.4 Å². The lowest BCUT2D eigenvalue weighted by atomic mass is 9.84. The maximum atomic E-state index is 12.4. The standard InChI is InChI=1S/C15H17ClN4O2/c1-19-13(10-17-18-19)14(21)20-8-6-15(22,7-9-20)11-4-2-3-5-12(11)16/h2-5,10,22H,6-9H2,1H3. The van der Waals surface area contributed by atoms with Gasteiger partial charge in [-0.2, -0.15) is 0 Å². The van der Waals surface area contributed by atoms with Crippen molar-refractivity contribution in [2.75, 3.05) is 13.1 Å². The summed E-state index contributed by atoms with van der Waals surface area (Å²) >= 11 is 6.19. The molecule has 1 fully saturated rings. The Morgan fingerprint density at radius 2 is 2.00 bits per heavy atom. The van der Waals surface area contributed by atoms with E-state index in [9.17, 15) is 9.90 Å². The van der Waals surface area contributed by atoms with Crippen LogP contribution in [0.25, 0.3) is 0 Å². The van der Waals surface area contributed by atoms with Crippen LogP contribution in [0.1, 0.15) is 28.9 Å². The van der Waals surface area contributed by atoms with E-state index in [1.54, 1.807) is 18.0 Å². The number of amides is 1. The van der Waals surface area contributed by atoms with Gasteiger partial charge >= 0.3 is 0 Å². The molecule has 3 rings (SSSR count). The van der Waals surface area contributed by atoms with Crippen LogP contribution < -0.4 is 0 Å². The molecule has 1 aliphatic rings. The predicted molar refractivity (Wildman–Crippen MR) is 81.5 cm³/mol. The summed E-state index contributed by atoms with van der Waals surface area (Å²) in [6, 6.07) is 7.31. The Morgan fingerprint density at radius 3 is 2.59 bits per heavy atom. The van der Waals surface area contributed by atoms with Gasteiger partial charge in [-0.25, -0.2) is 4.68 Å². The number of aliphatic hydroxyl groups is 1. The molecule has 0 saturated carbocycles. The summed E-state index contributed by atoms with van der Waals surface area (Å²) in [5.74, 6) is -0.117. The number of halogens is 1. The minimum Gasteiger partial charge on any atom is -0.385 e. The molecule has 0 spiro atoms. The molecule has 6 nitrogen and oxygen atoms in total. The SMILES string of the molecule is Cn1nncc1C(=O)N1CCC(O)(c2ccccc2Cl)CC1. The van der Waals surface area contributed by atoms with Crippen LogP contribution in [0.15, 0.2) is 30.5 Å². The normalized spacial score (nSPS) is 17.5. The molecule has 0 radical (unpaired) electrons. The Labute approximate surface area is 133 Å². The maximum Gasteiger partial charge on any atom is 0.273 e. The number of piperidine rings is 1. The molecule has 0 atom stereocenters. The monoisotopic (exact) mass is 320 g/mol. The van der Waals surface area contributed by atoms with E-state index in [0.717, 1.165) is 5.56 Å². The molecule has 0 bridgehead atoms. The number of aryl methyl sites for hydroxylation is 1. The zero-order valence-corrected chi connectivity index (χ0v) is 13.0. The van der Waals surface area contributed by atoms with Gasteiger partial charge in [0.05, 0.1) is 11.8 Å². The molecule has 1 aromatic heterocycles. The van der Waals surface area contributed by atoms with E-state index in [4.69, 9.17) is 11.6 Å². The highest BCUT2D eigenvalue weighted by atomic mass is 35.5. The van der Waals surface area contributed by atoms with Gasteiger partial charge in [-0.3, -0.25) is 4.79 Å². The Balaban J connectivity index is 1.74. The number of hydrogen-bond donors (Lipinski definition) is 1. The summed E-state index contributed by atoms with van der Waals surface area (Å²) in [5.41, 5.74) is 0.189. The van der Waals surface area contributed by atoms with Gasteiger partial charge in [-0.1, -0.05) is 35.0 Å². The van der Waals surface area contributed by atoms with E-state index < -0.39 is 5.60 Å². The van der Waals surface area contributed by atoms with E-state index >= 15 is 0 Å². The second kappa shape index (κ2) is 5.70. The molecule has 1 saturated heterocycles. The first-order valence-corrected chi connectivity index (χ1v) is 7.50. The smallest absolute Gasteiger partial charge is 0.273 e. The average Bonchev–Trinajstić information content (AvgIpc) is 2.94. The lowest BCUT2D eigenvalue weighted by Crippen LogP contribution is -2.45. The minimum atomic E-state index is -0.986. The molecule has 0 aliphatic carbocycles. The molecule has 7 heteroatoms. The Bertz CT molecular complexity index is 692. The van der Waals surface area contributed by atoms with Gasteiger partial charge < -0.3 is 10.0 Å². The minimum absolute atomic E-state index is 0.117. The van der Waals surface area contributed by atoms with E-state index in [1.165, 1.54) is 10.9 Å². The van der Waals surface area contributed by atoms with Crippen LogP contribution in [0.3, 0.4) is 0 Å². The van der Waals surface area contributed by atoms with Crippen LogP contribution in [0.5, 0.6) is 0 Å². The van der Waals surface area contributed by atoms with E-state index in [-0.39, 0.29) is 5.91 Å². The highest BCUT2D eigenvalue weighted by Gasteiger charge is 2.37. The van der Waals surface area contributed by atoms with Crippen LogP contribution in [-0.2, 0) is 12.6 Å². The highest BCUT2D eigenvalue weighted by Crippen LogP contribution is 2.36. The largest absolute Gasteiger partial charge is 0.385 e. The van der Waals surface area contributed by atoms with Crippen molar-refractivity contribution in [2.24, 2.45) is 7.05 Å². The van der Waals surface area contributed by atoms with Crippen LogP contribution in [0.4, 0.5) is 0 Å². The topological polar surface area (TPSA) is 71.2 Å². The molecule has 0 unspecified atom stereocenters. The average molecular weight is 321 g/mol. The maximum absolute atomic E-state index is 12.4. The number of rotatable bonds is 2. The number of aromatic nitrogens is 3. The molecule has 2 heterocycles. The molecule has 1 N–H and O–H groups in total. The summed E-state index contributed by atoms with van der Waals surface area (Å²) in [5, 5.41) is 18.9. The Morgan fingerprint density at radius 1 is 1.32 bits per heavy atom. The van der Waals surface area contributed by atoms with Crippen molar-refractivity contribution < 1.29 is 9.90 Å². The molecular weight excluding hydrogens is 304 g/mol. The Hall–Kier alpha value is -1.92. The molecule has 2 aromatic rings. The first kappa shape index (κ1) is 15.0. The van der Waals surface area contributed by atoms with Gasteiger partial charge in [-0.05, 0) is 18.9 Å². The number of nitrogens with zero attached hydrogens (tertiary/aromatic N) is 4. The lowest BCUT2D eigenvalue weighted by molar-refractivity contribution is -0.0212. The van der Waals surface area contributed by atoms with Crippen LogP contribution in [0.2, 0.25) is 5.02 Å². The fourth-order valence-electron chi connectivity index (χ4n) is 2.83. The summed E-state index contributed by atoms with van der Waals surface area (Å²) in [7, 11) is 1.68. The summed E-state index contributed by atoms with van der Waals surface area (Å²) in [6.45, 7) is 0.928. The summed E-state index contributed by atoms with van der Waals surface area (Å²) < 4.78 is 1.46. The number of benzene rings is 1. The van der Waals surface area contributed by atoms with Gasteiger partial charge in [0.15, 0.2) is 0 Å². The third-order valence-electron chi connectivity index (χ3n) is 4.19. The van der Waals surface area contributed by atoms with Crippen molar-refractivity contribution in [3.8, 4) is 0 Å². The molecule has 1 aliphatic heterocycles. The Kier molecular flexibility index (Phi) is 3.88.